The zero-order valence-electron chi connectivity index (χ0n) is 10.6. The molecule has 2 fully saturated rings. The number of fused-ring (bicyclic) bond motifs is 3. The Labute approximate surface area is 94.1 Å². The van der Waals surface area contributed by atoms with Crippen LogP contribution in [-0.4, -0.2) is 0 Å². The van der Waals surface area contributed by atoms with Crippen LogP contribution in [0.4, 0.5) is 0 Å². The van der Waals surface area contributed by atoms with Gasteiger partial charge in [-0.1, -0.05) is 39.3 Å². The largest absolute Gasteiger partial charge is 0.0791 e. The maximum Gasteiger partial charge on any atom is -0.0143 e. The summed E-state index contributed by atoms with van der Waals surface area (Å²) in [4.78, 5) is 0. The molecule has 0 nitrogen and oxygen atoms in total. The van der Waals surface area contributed by atoms with Crippen molar-refractivity contribution in [1.29, 1.82) is 0 Å². The van der Waals surface area contributed by atoms with Crippen molar-refractivity contribution < 1.29 is 0 Å². The lowest BCUT2D eigenvalue weighted by atomic mass is 9.83. The van der Waals surface area contributed by atoms with Crippen molar-refractivity contribution in [3.05, 3.63) is 11.6 Å². The molecule has 0 aromatic rings. The minimum atomic E-state index is 0.463. The van der Waals surface area contributed by atoms with E-state index in [4.69, 9.17) is 0 Å². The summed E-state index contributed by atoms with van der Waals surface area (Å²) in [6.45, 7) is 9.86. The topological polar surface area (TPSA) is 0 Å². The molecule has 84 valence electrons. The molecule has 0 aliphatic heterocycles. The lowest BCUT2D eigenvalue weighted by Gasteiger charge is -2.22. The van der Waals surface area contributed by atoms with E-state index in [1.807, 2.05) is 5.57 Å². The number of hydrogen-bond donors (Lipinski definition) is 0. The molecule has 4 atom stereocenters. The molecule has 3 rings (SSSR count). The van der Waals surface area contributed by atoms with Gasteiger partial charge in [0.1, 0.15) is 0 Å². The van der Waals surface area contributed by atoms with Gasteiger partial charge in [-0.05, 0) is 54.3 Å². The van der Waals surface area contributed by atoms with Crippen molar-refractivity contribution in [3.8, 4) is 0 Å². The average molecular weight is 204 g/mol. The van der Waals surface area contributed by atoms with Crippen molar-refractivity contribution in [2.24, 2.45) is 28.6 Å². The molecular formula is C15H24. The first-order chi connectivity index (χ1) is 6.92. The first-order valence-corrected chi connectivity index (χ1v) is 6.65. The van der Waals surface area contributed by atoms with Gasteiger partial charge < -0.3 is 0 Å². The van der Waals surface area contributed by atoms with E-state index in [2.05, 4.69) is 33.8 Å². The molecule has 0 saturated heterocycles. The molecule has 0 aromatic heterocycles. The van der Waals surface area contributed by atoms with Gasteiger partial charge >= 0.3 is 0 Å². The van der Waals surface area contributed by atoms with E-state index in [1.54, 1.807) is 0 Å². The summed E-state index contributed by atoms with van der Waals surface area (Å²) in [7, 11) is 0. The highest BCUT2D eigenvalue weighted by molar-refractivity contribution is 5.28. The van der Waals surface area contributed by atoms with Gasteiger partial charge in [0.2, 0.25) is 0 Å². The number of hydrogen-bond acceptors (Lipinski definition) is 0. The van der Waals surface area contributed by atoms with Crippen molar-refractivity contribution in [2.75, 3.05) is 0 Å². The third kappa shape index (κ3) is 1.33. The van der Waals surface area contributed by atoms with E-state index in [1.165, 1.54) is 25.7 Å². The molecule has 0 heteroatoms. The fraction of sp³-hybridized carbons (Fsp3) is 0.867. The highest BCUT2D eigenvalue weighted by Crippen LogP contribution is 2.68. The molecule has 0 aromatic carbocycles. The second-order valence-electron chi connectivity index (χ2n) is 7.27. The first kappa shape index (κ1) is 9.93. The predicted molar refractivity (Wildman–Crippen MR) is 64.6 cm³/mol. The average Bonchev–Trinajstić information content (AvgIpc) is 2.59. The Morgan fingerprint density at radius 1 is 1.13 bits per heavy atom. The molecule has 0 bridgehead atoms. The van der Waals surface area contributed by atoms with Crippen molar-refractivity contribution in [3.63, 3.8) is 0 Å². The molecule has 0 N–H and O–H groups in total. The zero-order valence-corrected chi connectivity index (χ0v) is 10.6. The van der Waals surface area contributed by atoms with Crippen molar-refractivity contribution in [2.45, 2.75) is 53.4 Å². The third-order valence-corrected chi connectivity index (χ3v) is 5.44. The van der Waals surface area contributed by atoms with E-state index in [0.717, 1.165) is 17.8 Å². The van der Waals surface area contributed by atoms with E-state index in [-0.39, 0.29) is 0 Å². The van der Waals surface area contributed by atoms with Gasteiger partial charge in [-0.3, -0.25) is 0 Å². The second kappa shape index (κ2) is 2.70. The second-order valence-corrected chi connectivity index (χ2v) is 7.27. The van der Waals surface area contributed by atoms with Crippen LogP contribution in [0.1, 0.15) is 53.4 Å². The van der Waals surface area contributed by atoms with Crippen LogP contribution in [-0.2, 0) is 0 Å². The molecule has 0 spiro atoms. The van der Waals surface area contributed by atoms with Gasteiger partial charge in [0.05, 0.1) is 0 Å². The minimum absolute atomic E-state index is 0.463. The lowest BCUT2D eigenvalue weighted by molar-refractivity contribution is 0.328. The van der Waals surface area contributed by atoms with Gasteiger partial charge in [-0.2, -0.15) is 0 Å². The van der Waals surface area contributed by atoms with Crippen LogP contribution in [0.15, 0.2) is 11.6 Å². The van der Waals surface area contributed by atoms with E-state index >= 15 is 0 Å². The molecule has 0 radical (unpaired) electrons. The molecule has 0 heterocycles. The fourth-order valence-electron chi connectivity index (χ4n) is 4.40. The standard InChI is InChI=1S/C15H24/c1-10-5-6-13-12(10)9-14(2,3)7-11-8-15(11,13)4/h9-11,13H,5-8H2,1-4H3/t10-,11-,13-,15-/m1/s1. The maximum atomic E-state index is 2.65. The maximum absolute atomic E-state index is 2.65. The Bertz CT molecular complexity index is 323. The highest BCUT2D eigenvalue weighted by atomic mass is 14.6. The Hall–Kier alpha value is -0.260. The molecule has 0 amide bonds. The summed E-state index contributed by atoms with van der Waals surface area (Å²) < 4.78 is 0. The zero-order chi connectivity index (χ0) is 10.8. The molecule has 0 unspecified atom stereocenters. The summed E-state index contributed by atoms with van der Waals surface area (Å²) >= 11 is 0. The summed E-state index contributed by atoms with van der Waals surface area (Å²) in [6, 6.07) is 0. The molecular weight excluding hydrogens is 180 g/mol. The van der Waals surface area contributed by atoms with Gasteiger partial charge in [0.15, 0.2) is 0 Å². The third-order valence-electron chi connectivity index (χ3n) is 5.44. The lowest BCUT2D eigenvalue weighted by Crippen LogP contribution is -2.13. The van der Waals surface area contributed by atoms with Crippen LogP contribution in [0, 0.1) is 28.6 Å². The summed E-state index contributed by atoms with van der Waals surface area (Å²) in [5, 5.41) is 0. The van der Waals surface area contributed by atoms with E-state index in [0.29, 0.717) is 10.8 Å². The summed E-state index contributed by atoms with van der Waals surface area (Å²) in [5.74, 6) is 2.83. The molecule has 3 aliphatic rings. The molecule has 3 aliphatic carbocycles. The van der Waals surface area contributed by atoms with Crippen molar-refractivity contribution >= 4 is 0 Å². The van der Waals surface area contributed by atoms with Gasteiger partial charge in [-0.15, -0.1) is 0 Å². The summed E-state index contributed by atoms with van der Waals surface area (Å²) in [5.41, 5.74) is 2.98. The monoisotopic (exact) mass is 204 g/mol. The van der Waals surface area contributed by atoms with Gasteiger partial charge in [-0.25, -0.2) is 0 Å². The fourth-order valence-corrected chi connectivity index (χ4v) is 4.40. The van der Waals surface area contributed by atoms with Gasteiger partial charge in [0.25, 0.3) is 0 Å². The first-order valence-electron chi connectivity index (χ1n) is 6.65. The van der Waals surface area contributed by atoms with Crippen LogP contribution >= 0.6 is 0 Å². The Morgan fingerprint density at radius 2 is 1.87 bits per heavy atom. The normalized spacial score (nSPS) is 51.5. The van der Waals surface area contributed by atoms with E-state index < -0.39 is 0 Å². The smallest absolute Gasteiger partial charge is 0.0143 e. The van der Waals surface area contributed by atoms with Crippen LogP contribution in [0.5, 0.6) is 0 Å². The minimum Gasteiger partial charge on any atom is -0.0791 e. The van der Waals surface area contributed by atoms with Crippen LogP contribution in [0.3, 0.4) is 0 Å². The van der Waals surface area contributed by atoms with Crippen molar-refractivity contribution in [1.82, 2.24) is 0 Å². The number of rotatable bonds is 0. The Balaban J connectivity index is 2.03. The van der Waals surface area contributed by atoms with Crippen LogP contribution in [0.2, 0.25) is 0 Å². The van der Waals surface area contributed by atoms with Gasteiger partial charge in [0, 0.05) is 0 Å². The molecule has 15 heavy (non-hydrogen) atoms. The highest BCUT2D eigenvalue weighted by Gasteiger charge is 2.59. The predicted octanol–water partition coefficient (Wildman–Crippen LogP) is 4.42. The quantitative estimate of drug-likeness (QED) is 0.513. The van der Waals surface area contributed by atoms with Crippen LogP contribution in [0.25, 0.3) is 0 Å². The number of allylic oxidation sites excluding steroid dienone is 2. The Kier molecular flexibility index (Phi) is 1.79. The van der Waals surface area contributed by atoms with E-state index in [9.17, 15) is 0 Å². The summed E-state index contributed by atoms with van der Waals surface area (Å²) in [6.07, 6.45) is 8.49. The van der Waals surface area contributed by atoms with Crippen LogP contribution < -0.4 is 0 Å². The SMILES string of the molecule is C[C@@H]1CC[C@@H]2C1=CC(C)(C)C[C@@H]1C[C@]12C. The molecule has 2 saturated carbocycles. The Morgan fingerprint density at radius 3 is 2.60 bits per heavy atom.